The molecule has 11 nitrogen and oxygen atoms in total. The third kappa shape index (κ3) is 6.46. The van der Waals surface area contributed by atoms with Crippen molar-refractivity contribution in [3.8, 4) is 22.6 Å². The lowest BCUT2D eigenvalue weighted by Gasteiger charge is -2.36. The smallest absolute Gasteiger partial charge is 0.238 e. The zero-order valence-electron chi connectivity index (χ0n) is 22.4. The minimum atomic E-state index is -3.85. The lowest BCUT2D eigenvalue weighted by Crippen LogP contribution is -2.35. The topological polar surface area (TPSA) is 159 Å². The highest BCUT2D eigenvalue weighted by atomic mass is 32.2. The average Bonchev–Trinajstić information content (AvgIpc) is 3.43. The van der Waals surface area contributed by atoms with Gasteiger partial charge >= 0.3 is 0 Å². The number of primary sulfonamides is 1. The summed E-state index contributed by atoms with van der Waals surface area (Å²) in [4.78, 5) is 8.99. The number of aromatic nitrogens is 2. The van der Waals surface area contributed by atoms with Crippen molar-refractivity contribution in [1.82, 2.24) is 9.97 Å². The van der Waals surface area contributed by atoms with Crippen molar-refractivity contribution in [2.75, 3.05) is 20.3 Å². The van der Waals surface area contributed by atoms with Crippen molar-refractivity contribution in [2.45, 2.75) is 36.4 Å². The van der Waals surface area contributed by atoms with Gasteiger partial charge in [0.1, 0.15) is 18.7 Å². The standard InChI is InChI=1S/C29H30N4O7S/c1-37-29(11-13-38-14-12-29)23-15-20(17-31-18-23)19-39-26(33-34)16-25-32-27(21-5-3-2-4-6-21)28(40-25)22-7-9-24(10-8-22)41(30,35)36/h2-10,15,17-18,34H,11-14,16,19H2,1H3,(H2,30,35,36)/b33-26-. The van der Waals surface area contributed by atoms with Crippen LogP contribution in [0.25, 0.3) is 22.6 Å². The molecule has 3 N–H and O–H groups in total. The van der Waals surface area contributed by atoms with E-state index < -0.39 is 15.6 Å². The van der Waals surface area contributed by atoms with Gasteiger partial charge in [-0.3, -0.25) is 4.98 Å². The maximum atomic E-state index is 11.7. The number of rotatable bonds is 9. The number of sulfonamides is 1. The SMILES string of the molecule is COC1(c2cncc(CO/C(Cc3nc(-c4ccccc4)c(-c4ccc(S(N)(=O)=O)cc4)o3)=N\O)c2)CCOCC1. The summed E-state index contributed by atoms with van der Waals surface area (Å²) >= 11 is 0. The summed E-state index contributed by atoms with van der Waals surface area (Å²) in [5, 5.41) is 18.3. The molecule has 0 aliphatic carbocycles. The van der Waals surface area contributed by atoms with Crippen molar-refractivity contribution in [2.24, 2.45) is 10.3 Å². The molecule has 4 aromatic rings. The van der Waals surface area contributed by atoms with Gasteiger partial charge in [-0.25, -0.2) is 18.5 Å². The number of hydrogen-bond donors (Lipinski definition) is 2. The van der Waals surface area contributed by atoms with E-state index in [2.05, 4.69) is 15.1 Å². The molecule has 1 aliphatic rings. The van der Waals surface area contributed by atoms with Gasteiger partial charge in [0.05, 0.1) is 10.5 Å². The Morgan fingerprint density at radius 2 is 1.80 bits per heavy atom. The Morgan fingerprint density at radius 3 is 2.46 bits per heavy atom. The first-order chi connectivity index (χ1) is 19.8. The van der Waals surface area contributed by atoms with E-state index >= 15 is 0 Å². The van der Waals surface area contributed by atoms with Crippen LogP contribution in [-0.4, -0.2) is 49.8 Å². The van der Waals surface area contributed by atoms with Gasteiger partial charge in [-0.15, -0.1) is 0 Å². The van der Waals surface area contributed by atoms with E-state index in [-0.39, 0.29) is 29.7 Å². The summed E-state index contributed by atoms with van der Waals surface area (Å²) in [6.45, 7) is 1.31. The van der Waals surface area contributed by atoms with E-state index in [1.807, 2.05) is 36.4 Å². The summed E-state index contributed by atoms with van der Waals surface area (Å²) in [6, 6.07) is 17.4. The fourth-order valence-electron chi connectivity index (χ4n) is 4.76. The van der Waals surface area contributed by atoms with Gasteiger partial charge in [0.2, 0.25) is 21.8 Å². The van der Waals surface area contributed by atoms with Gasteiger partial charge in [-0.05, 0) is 30.3 Å². The predicted octanol–water partition coefficient (Wildman–Crippen LogP) is 4.25. The first-order valence-corrected chi connectivity index (χ1v) is 14.5. The molecule has 0 spiro atoms. The van der Waals surface area contributed by atoms with Crippen LogP contribution in [0, 0.1) is 0 Å². The summed E-state index contributed by atoms with van der Waals surface area (Å²) < 4.78 is 46.7. The van der Waals surface area contributed by atoms with Crippen LogP contribution < -0.4 is 5.14 Å². The van der Waals surface area contributed by atoms with Crippen LogP contribution in [0.2, 0.25) is 0 Å². The second kappa shape index (κ2) is 12.2. The number of oxazole rings is 1. The van der Waals surface area contributed by atoms with Crippen molar-refractivity contribution >= 4 is 15.9 Å². The number of nitrogens with two attached hydrogens (primary N) is 1. The predicted molar refractivity (Wildman–Crippen MR) is 149 cm³/mol. The number of pyridine rings is 1. The largest absolute Gasteiger partial charge is 0.473 e. The molecule has 12 heteroatoms. The van der Waals surface area contributed by atoms with Crippen LogP contribution in [0.5, 0.6) is 0 Å². The maximum absolute atomic E-state index is 11.7. The number of benzene rings is 2. The van der Waals surface area contributed by atoms with Crippen LogP contribution >= 0.6 is 0 Å². The second-order valence-electron chi connectivity index (χ2n) is 9.57. The quantitative estimate of drug-likeness (QED) is 0.128. The van der Waals surface area contributed by atoms with E-state index in [1.54, 1.807) is 31.6 Å². The maximum Gasteiger partial charge on any atom is 0.238 e. The zero-order valence-corrected chi connectivity index (χ0v) is 23.2. The Hall–Kier alpha value is -4.10. The van der Waals surface area contributed by atoms with Crippen LogP contribution in [0.3, 0.4) is 0 Å². The Kier molecular flexibility index (Phi) is 8.45. The minimum Gasteiger partial charge on any atom is -0.473 e. The van der Waals surface area contributed by atoms with Gasteiger partial charge in [0, 0.05) is 67.8 Å². The second-order valence-corrected chi connectivity index (χ2v) is 11.1. The molecule has 214 valence electrons. The molecule has 0 radical (unpaired) electrons. The lowest BCUT2D eigenvalue weighted by molar-refractivity contribution is -0.0950. The highest BCUT2D eigenvalue weighted by Crippen LogP contribution is 2.36. The molecule has 0 atom stereocenters. The molecule has 0 bridgehead atoms. The van der Waals surface area contributed by atoms with Gasteiger partial charge in [0.15, 0.2) is 5.76 Å². The molecule has 1 saturated heterocycles. The van der Waals surface area contributed by atoms with Gasteiger partial charge < -0.3 is 23.8 Å². The molecular formula is C29H30N4O7S. The molecule has 2 aromatic heterocycles. The summed E-state index contributed by atoms with van der Waals surface area (Å²) in [7, 11) is -2.16. The Morgan fingerprint density at radius 1 is 1.07 bits per heavy atom. The molecule has 0 unspecified atom stereocenters. The van der Waals surface area contributed by atoms with Crippen molar-refractivity contribution in [3.63, 3.8) is 0 Å². The summed E-state index contributed by atoms with van der Waals surface area (Å²) in [5.41, 5.74) is 3.18. The van der Waals surface area contributed by atoms with Crippen molar-refractivity contribution in [3.05, 3.63) is 90.1 Å². The number of hydrogen-bond acceptors (Lipinski definition) is 10. The molecule has 0 saturated carbocycles. The molecule has 1 aliphatic heterocycles. The summed E-state index contributed by atoms with van der Waals surface area (Å²) in [6.07, 6.45) is 4.88. The molecule has 0 amide bonds. The van der Waals surface area contributed by atoms with Gasteiger partial charge in [-0.1, -0.05) is 35.5 Å². The zero-order chi connectivity index (χ0) is 28.9. The van der Waals surface area contributed by atoms with E-state index in [0.29, 0.717) is 30.2 Å². The Labute approximate surface area is 237 Å². The summed E-state index contributed by atoms with van der Waals surface area (Å²) in [5.74, 6) is 0.664. The molecule has 5 rings (SSSR count). The van der Waals surface area contributed by atoms with E-state index in [4.69, 9.17) is 23.8 Å². The van der Waals surface area contributed by atoms with Crippen LogP contribution in [-0.2, 0) is 42.9 Å². The van der Waals surface area contributed by atoms with Gasteiger partial charge in [-0.2, -0.15) is 0 Å². The van der Waals surface area contributed by atoms with Crippen molar-refractivity contribution < 1.29 is 32.3 Å². The fraction of sp³-hybridized carbons (Fsp3) is 0.276. The molecule has 2 aromatic carbocycles. The van der Waals surface area contributed by atoms with E-state index in [9.17, 15) is 13.6 Å². The minimum absolute atomic E-state index is 0.0000843. The Bertz CT molecular complexity index is 1610. The average molecular weight is 579 g/mol. The third-order valence-electron chi connectivity index (χ3n) is 7.00. The van der Waals surface area contributed by atoms with Gasteiger partial charge in [0.25, 0.3) is 0 Å². The number of oxime groups is 1. The normalized spacial score (nSPS) is 15.5. The first kappa shape index (κ1) is 28.4. The highest BCUT2D eigenvalue weighted by molar-refractivity contribution is 7.89. The molecule has 41 heavy (non-hydrogen) atoms. The molecular weight excluding hydrogens is 548 g/mol. The van der Waals surface area contributed by atoms with E-state index in [1.165, 1.54) is 12.1 Å². The number of ether oxygens (including phenoxy) is 3. The van der Waals surface area contributed by atoms with Crippen LogP contribution in [0.15, 0.2) is 87.5 Å². The first-order valence-electron chi connectivity index (χ1n) is 12.9. The molecule has 3 heterocycles. The van der Waals surface area contributed by atoms with Crippen LogP contribution in [0.4, 0.5) is 0 Å². The third-order valence-corrected chi connectivity index (χ3v) is 7.92. The fourth-order valence-corrected chi connectivity index (χ4v) is 5.28. The Balaban J connectivity index is 1.36. The van der Waals surface area contributed by atoms with Crippen LogP contribution in [0.1, 0.15) is 29.9 Å². The number of methoxy groups -OCH3 is 1. The molecule has 1 fully saturated rings. The monoisotopic (exact) mass is 578 g/mol. The van der Waals surface area contributed by atoms with E-state index in [0.717, 1.165) is 29.5 Å². The van der Waals surface area contributed by atoms with Crippen molar-refractivity contribution in [1.29, 1.82) is 0 Å². The highest BCUT2D eigenvalue weighted by Gasteiger charge is 2.35. The lowest BCUT2D eigenvalue weighted by atomic mass is 9.86. The number of nitrogens with zero attached hydrogens (tertiary/aromatic N) is 3.